The predicted molar refractivity (Wildman–Crippen MR) is 113 cm³/mol. The van der Waals surface area contributed by atoms with Gasteiger partial charge in [-0.1, -0.05) is 12.2 Å². The first-order valence-corrected chi connectivity index (χ1v) is 12.0. The maximum atomic E-state index is 5.85. The van der Waals surface area contributed by atoms with E-state index in [0.717, 1.165) is 43.1 Å². The highest BCUT2D eigenvalue weighted by Crippen LogP contribution is 2.51. The molecule has 2 aromatic rings. The molecule has 26 heavy (non-hydrogen) atoms. The minimum Gasteiger partial charge on any atom is -0.497 e. The Morgan fingerprint density at radius 1 is 0.885 bits per heavy atom. The van der Waals surface area contributed by atoms with E-state index in [2.05, 4.69) is 17.6 Å². The highest BCUT2D eigenvalue weighted by Gasteiger charge is 2.17. The van der Waals surface area contributed by atoms with Crippen molar-refractivity contribution in [2.75, 3.05) is 40.5 Å². The van der Waals surface area contributed by atoms with Crippen LogP contribution in [0.5, 0.6) is 17.2 Å². The maximum Gasteiger partial charge on any atom is 0.193 e. The van der Waals surface area contributed by atoms with Gasteiger partial charge in [0, 0.05) is 18.4 Å². The van der Waals surface area contributed by atoms with Gasteiger partial charge < -0.3 is 24.1 Å². The second kappa shape index (κ2) is 10.8. The average molecular weight is 414 g/mol. The van der Waals surface area contributed by atoms with Crippen LogP contribution in [0.15, 0.2) is 48.5 Å². The lowest BCUT2D eigenvalue weighted by Gasteiger charge is -2.18. The van der Waals surface area contributed by atoms with Crippen LogP contribution in [0.1, 0.15) is 0 Å². The molecule has 0 amide bonds. The molecular formula is C18H24NO4PS2. The largest absolute Gasteiger partial charge is 0.497 e. The molecule has 0 saturated carbocycles. The van der Waals surface area contributed by atoms with Crippen molar-refractivity contribution in [3.63, 3.8) is 0 Å². The van der Waals surface area contributed by atoms with Crippen molar-refractivity contribution < 1.29 is 18.7 Å². The number of hydrogen-bond donors (Lipinski definition) is 2. The molecule has 0 spiro atoms. The zero-order valence-corrected chi connectivity index (χ0v) is 17.5. The van der Waals surface area contributed by atoms with Crippen molar-refractivity contribution in [1.82, 2.24) is 5.32 Å². The van der Waals surface area contributed by atoms with Crippen LogP contribution in [0.25, 0.3) is 0 Å². The van der Waals surface area contributed by atoms with E-state index in [1.165, 1.54) is 0 Å². The van der Waals surface area contributed by atoms with Crippen LogP contribution < -0.4 is 24.6 Å². The molecule has 142 valence electrons. The van der Waals surface area contributed by atoms with Gasteiger partial charge in [0.05, 0.1) is 27.4 Å². The standard InChI is InChI=1S/C14H15O3PS2.C4H9NO/c1-15-11-3-5-13(6-4-11)17-18(19,20)14-9-7-12(16-2)8-10-14;1-3-6-4-2-5-1/h3-10H,1-2H3,(H,19,20);5H,1-4H2. The van der Waals surface area contributed by atoms with Gasteiger partial charge in [0.1, 0.15) is 17.2 Å². The van der Waals surface area contributed by atoms with Crippen LogP contribution in [-0.2, 0) is 16.5 Å². The van der Waals surface area contributed by atoms with E-state index in [1.807, 2.05) is 48.5 Å². The second-order valence-corrected chi connectivity index (χ2v) is 11.1. The van der Waals surface area contributed by atoms with Crippen LogP contribution in [0, 0.1) is 0 Å². The molecule has 1 heterocycles. The van der Waals surface area contributed by atoms with Gasteiger partial charge in [-0.05, 0) is 60.3 Å². The van der Waals surface area contributed by atoms with Crippen molar-refractivity contribution in [1.29, 1.82) is 0 Å². The molecule has 1 aliphatic rings. The third-order valence-corrected chi connectivity index (χ3v) is 6.74. The monoisotopic (exact) mass is 413 g/mol. The van der Waals surface area contributed by atoms with Gasteiger partial charge in [0.15, 0.2) is 5.47 Å². The first kappa shape index (κ1) is 21.1. The molecule has 2 aromatic carbocycles. The molecule has 1 unspecified atom stereocenters. The zero-order valence-electron chi connectivity index (χ0n) is 14.9. The molecule has 1 saturated heterocycles. The average Bonchev–Trinajstić information content (AvgIpc) is 2.70. The van der Waals surface area contributed by atoms with Crippen molar-refractivity contribution in [3.8, 4) is 17.2 Å². The molecule has 0 aromatic heterocycles. The summed E-state index contributed by atoms with van der Waals surface area (Å²) >= 11 is 10.0. The summed E-state index contributed by atoms with van der Waals surface area (Å²) in [6.45, 7) is 3.83. The number of morpholine rings is 1. The van der Waals surface area contributed by atoms with E-state index in [0.29, 0.717) is 5.75 Å². The molecule has 1 fully saturated rings. The minimum absolute atomic E-state index is 0.681. The Balaban J connectivity index is 0.000000342. The Hall–Kier alpha value is -1.24. The lowest BCUT2D eigenvalue weighted by atomic mass is 10.3. The minimum atomic E-state index is -2.39. The maximum absolute atomic E-state index is 5.85. The summed E-state index contributed by atoms with van der Waals surface area (Å²) in [4.78, 5) is 0. The Bertz CT molecular complexity index is 695. The van der Waals surface area contributed by atoms with Crippen LogP contribution >= 0.6 is 17.7 Å². The summed E-state index contributed by atoms with van der Waals surface area (Å²) in [5.41, 5.74) is -2.39. The lowest BCUT2D eigenvalue weighted by molar-refractivity contribution is 0.109. The predicted octanol–water partition coefficient (Wildman–Crippen LogP) is 3.25. The van der Waals surface area contributed by atoms with Crippen LogP contribution in [0.3, 0.4) is 0 Å². The van der Waals surface area contributed by atoms with E-state index >= 15 is 0 Å². The fraction of sp³-hybridized carbons (Fsp3) is 0.333. The van der Waals surface area contributed by atoms with Crippen LogP contribution in [0.2, 0.25) is 0 Å². The van der Waals surface area contributed by atoms with Gasteiger partial charge in [-0.25, -0.2) is 0 Å². The van der Waals surface area contributed by atoms with Crippen LogP contribution in [0.4, 0.5) is 0 Å². The first-order valence-electron chi connectivity index (χ1n) is 8.14. The van der Waals surface area contributed by atoms with Crippen molar-refractivity contribution in [2.24, 2.45) is 0 Å². The number of benzene rings is 2. The zero-order chi connectivity index (χ0) is 18.8. The number of ether oxygens (including phenoxy) is 3. The molecule has 0 bridgehead atoms. The Morgan fingerprint density at radius 3 is 1.73 bits per heavy atom. The normalized spacial score (nSPS) is 15.8. The van der Waals surface area contributed by atoms with Crippen molar-refractivity contribution >= 4 is 34.8 Å². The second-order valence-electron chi connectivity index (χ2n) is 5.35. The first-order chi connectivity index (χ1) is 12.5. The fourth-order valence-corrected chi connectivity index (χ4v) is 4.46. The highest BCUT2D eigenvalue weighted by molar-refractivity contribution is 8.64. The lowest BCUT2D eigenvalue weighted by Crippen LogP contribution is -2.30. The topological polar surface area (TPSA) is 49.0 Å². The third kappa shape index (κ3) is 6.82. The van der Waals surface area contributed by atoms with Gasteiger partial charge in [0.2, 0.25) is 0 Å². The summed E-state index contributed by atoms with van der Waals surface area (Å²) in [5, 5.41) is 4.04. The number of hydrogen-bond acceptors (Lipinski definition) is 6. The summed E-state index contributed by atoms with van der Waals surface area (Å²) in [5.74, 6) is 2.23. The highest BCUT2D eigenvalue weighted by atomic mass is 32.9. The smallest absolute Gasteiger partial charge is 0.193 e. The Morgan fingerprint density at radius 2 is 1.35 bits per heavy atom. The molecule has 5 nitrogen and oxygen atoms in total. The van der Waals surface area contributed by atoms with Gasteiger partial charge in [-0.3, -0.25) is 0 Å². The van der Waals surface area contributed by atoms with Gasteiger partial charge in [-0.15, -0.1) is 0 Å². The Kier molecular flexibility index (Phi) is 8.75. The van der Waals surface area contributed by atoms with Crippen molar-refractivity contribution in [2.45, 2.75) is 0 Å². The molecular weight excluding hydrogens is 389 g/mol. The molecule has 1 atom stereocenters. The molecule has 1 N–H and O–H groups in total. The molecule has 1 aliphatic heterocycles. The molecule has 3 rings (SSSR count). The number of nitrogens with one attached hydrogen (secondary N) is 1. The van der Waals surface area contributed by atoms with E-state index < -0.39 is 5.47 Å². The van der Waals surface area contributed by atoms with E-state index in [9.17, 15) is 0 Å². The van der Waals surface area contributed by atoms with E-state index in [-0.39, 0.29) is 0 Å². The number of rotatable bonds is 5. The van der Waals surface area contributed by atoms with E-state index in [4.69, 9.17) is 30.5 Å². The van der Waals surface area contributed by atoms with Gasteiger partial charge in [-0.2, -0.15) is 0 Å². The number of thiol groups is 1. The quantitative estimate of drug-likeness (QED) is 0.580. The SMILES string of the molecule is C1COCCN1.COc1ccc(OP(=S)(S)c2ccc(OC)cc2)cc1. The summed E-state index contributed by atoms with van der Waals surface area (Å²) in [7, 11) is 3.25. The summed E-state index contributed by atoms with van der Waals surface area (Å²) in [6, 6.07) is 14.8. The van der Waals surface area contributed by atoms with Crippen molar-refractivity contribution in [3.05, 3.63) is 48.5 Å². The molecule has 0 aliphatic carbocycles. The number of methoxy groups -OCH3 is 2. The van der Waals surface area contributed by atoms with Crippen LogP contribution in [-0.4, -0.2) is 40.5 Å². The summed E-state index contributed by atoms with van der Waals surface area (Å²) in [6.07, 6.45) is 0. The van der Waals surface area contributed by atoms with Gasteiger partial charge >= 0.3 is 0 Å². The molecule has 8 heteroatoms. The third-order valence-electron chi connectivity index (χ3n) is 3.53. The van der Waals surface area contributed by atoms with E-state index in [1.54, 1.807) is 14.2 Å². The molecule has 0 radical (unpaired) electrons. The summed E-state index contributed by atoms with van der Waals surface area (Å²) < 4.78 is 21.1. The Labute approximate surface area is 165 Å². The fourth-order valence-electron chi connectivity index (χ4n) is 2.12. The van der Waals surface area contributed by atoms with Gasteiger partial charge in [0.25, 0.3) is 0 Å².